The Labute approximate surface area is 125 Å². The molecule has 1 aromatic carbocycles. The molecule has 0 aliphatic carbocycles. The number of pyridine rings is 1. The Morgan fingerprint density at radius 1 is 1.14 bits per heavy atom. The summed E-state index contributed by atoms with van der Waals surface area (Å²) in [6.07, 6.45) is 5.93. The number of hydrogen-bond acceptors (Lipinski definition) is 4. The first-order valence-corrected chi connectivity index (χ1v) is 7.46. The number of aliphatic hydroxyl groups is 1. The maximum absolute atomic E-state index is 9.19. The number of aliphatic hydroxyl groups excluding tert-OH is 1. The Bertz CT molecular complexity index is 565. The fraction of sp³-hybridized carbons (Fsp3) is 0.353. The van der Waals surface area contributed by atoms with E-state index in [2.05, 4.69) is 33.4 Å². The second-order valence-electron chi connectivity index (χ2n) is 5.47. The van der Waals surface area contributed by atoms with E-state index in [-0.39, 0.29) is 6.61 Å². The van der Waals surface area contributed by atoms with Crippen LogP contribution in [0.1, 0.15) is 18.4 Å². The molecule has 0 bridgehead atoms. The van der Waals surface area contributed by atoms with Gasteiger partial charge in [-0.25, -0.2) is 0 Å². The first kappa shape index (κ1) is 13.9. The summed E-state index contributed by atoms with van der Waals surface area (Å²) < 4.78 is 0. The van der Waals surface area contributed by atoms with Gasteiger partial charge >= 0.3 is 0 Å². The van der Waals surface area contributed by atoms with E-state index in [1.54, 1.807) is 0 Å². The third kappa shape index (κ3) is 3.52. The average molecular weight is 283 g/mol. The lowest BCUT2D eigenvalue weighted by molar-refractivity contribution is 0.282. The van der Waals surface area contributed by atoms with Crippen LogP contribution in [0.4, 0.5) is 11.4 Å². The third-order valence-corrected chi connectivity index (χ3v) is 4.00. The van der Waals surface area contributed by atoms with Crippen LogP contribution in [0.25, 0.3) is 0 Å². The molecule has 21 heavy (non-hydrogen) atoms. The van der Waals surface area contributed by atoms with Gasteiger partial charge in [-0.05, 0) is 42.7 Å². The number of hydrogen-bond donors (Lipinski definition) is 2. The first-order valence-electron chi connectivity index (χ1n) is 7.46. The van der Waals surface area contributed by atoms with Gasteiger partial charge in [0.1, 0.15) is 0 Å². The van der Waals surface area contributed by atoms with Crippen molar-refractivity contribution >= 4 is 11.4 Å². The molecule has 1 aliphatic rings. The van der Waals surface area contributed by atoms with Gasteiger partial charge in [-0.1, -0.05) is 12.1 Å². The van der Waals surface area contributed by atoms with Crippen LogP contribution in [0.3, 0.4) is 0 Å². The number of anilines is 2. The zero-order chi connectivity index (χ0) is 14.5. The highest BCUT2D eigenvalue weighted by atomic mass is 16.3. The minimum atomic E-state index is 0.0933. The van der Waals surface area contributed by atoms with Crippen molar-refractivity contribution in [1.82, 2.24) is 4.98 Å². The molecular formula is C17H21N3O. The van der Waals surface area contributed by atoms with E-state index in [1.165, 1.54) is 5.69 Å². The van der Waals surface area contributed by atoms with E-state index in [0.29, 0.717) is 6.04 Å². The molecule has 1 aromatic heterocycles. The smallest absolute Gasteiger partial charge is 0.0682 e. The molecule has 0 saturated carbocycles. The van der Waals surface area contributed by atoms with Crippen molar-refractivity contribution < 1.29 is 5.11 Å². The van der Waals surface area contributed by atoms with E-state index >= 15 is 0 Å². The second kappa shape index (κ2) is 6.59. The molecule has 0 spiro atoms. The van der Waals surface area contributed by atoms with E-state index in [4.69, 9.17) is 0 Å². The van der Waals surface area contributed by atoms with Gasteiger partial charge in [0.25, 0.3) is 0 Å². The molecule has 110 valence electrons. The zero-order valence-corrected chi connectivity index (χ0v) is 12.1. The van der Waals surface area contributed by atoms with Crippen molar-refractivity contribution in [2.75, 3.05) is 23.3 Å². The predicted molar refractivity (Wildman–Crippen MR) is 85.5 cm³/mol. The predicted octanol–water partition coefficient (Wildman–Crippen LogP) is 2.65. The Balaban J connectivity index is 1.56. The standard InChI is InChI=1S/C17H21N3O/c21-13-14-2-1-3-16(12-14)19-15-6-10-20(11-7-15)17-4-8-18-9-5-17/h1-5,8-9,12,15,19,21H,6-7,10-11,13H2. The zero-order valence-electron chi connectivity index (χ0n) is 12.1. The number of nitrogens with zero attached hydrogens (tertiary/aromatic N) is 2. The second-order valence-corrected chi connectivity index (χ2v) is 5.47. The highest BCUT2D eigenvalue weighted by Gasteiger charge is 2.19. The minimum absolute atomic E-state index is 0.0933. The summed E-state index contributed by atoms with van der Waals surface area (Å²) in [7, 11) is 0. The van der Waals surface area contributed by atoms with Crippen LogP contribution < -0.4 is 10.2 Å². The number of piperidine rings is 1. The lowest BCUT2D eigenvalue weighted by Crippen LogP contribution is -2.39. The summed E-state index contributed by atoms with van der Waals surface area (Å²) in [5.74, 6) is 0. The summed E-state index contributed by atoms with van der Waals surface area (Å²) in [5.41, 5.74) is 3.31. The molecule has 0 atom stereocenters. The quantitative estimate of drug-likeness (QED) is 0.905. The van der Waals surface area contributed by atoms with E-state index in [0.717, 1.165) is 37.2 Å². The molecule has 2 aromatic rings. The van der Waals surface area contributed by atoms with Gasteiger partial charge in [0.2, 0.25) is 0 Å². The monoisotopic (exact) mass is 283 g/mol. The number of benzene rings is 1. The fourth-order valence-corrected chi connectivity index (χ4v) is 2.83. The van der Waals surface area contributed by atoms with Crippen LogP contribution >= 0.6 is 0 Å². The molecule has 1 fully saturated rings. The van der Waals surface area contributed by atoms with Crippen LogP contribution in [-0.4, -0.2) is 29.2 Å². The molecule has 4 heteroatoms. The Hall–Kier alpha value is -2.07. The molecule has 2 heterocycles. The SMILES string of the molecule is OCc1cccc(NC2CCN(c3ccncc3)CC2)c1. The van der Waals surface area contributed by atoms with Gasteiger partial charge in [-0.2, -0.15) is 0 Å². The van der Waals surface area contributed by atoms with Crippen LogP contribution in [0.15, 0.2) is 48.8 Å². The Morgan fingerprint density at radius 2 is 1.90 bits per heavy atom. The van der Waals surface area contributed by atoms with Gasteiger partial charge in [-0.15, -0.1) is 0 Å². The largest absolute Gasteiger partial charge is 0.392 e. The van der Waals surface area contributed by atoms with Crippen molar-refractivity contribution in [3.63, 3.8) is 0 Å². The molecule has 2 N–H and O–H groups in total. The maximum Gasteiger partial charge on any atom is 0.0682 e. The average Bonchev–Trinajstić information content (AvgIpc) is 2.56. The van der Waals surface area contributed by atoms with Gasteiger partial charge < -0.3 is 15.3 Å². The topological polar surface area (TPSA) is 48.4 Å². The fourth-order valence-electron chi connectivity index (χ4n) is 2.83. The lowest BCUT2D eigenvalue weighted by atomic mass is 10.0. The molecule has 0 radical (unpaired) electrons. The number of rotatable bonds is 4. The van der Waals surface area contributed by atoms with Crippen molar-refractivity contribution in [2.24, 2.45) is 0 Å². The minimum Gasteiger partial charge on any atom is -0.392 e. The molecule has 0 unspecified atom stereocenters. The van der Waals surface area contributed by atoms with Crippen molar-refractivity contribution in [3.8, 4) is 0 Å². The van der Waals surface area contributed by atoms with Gasteiger partial charge in [0.15, 0.2) is 0 Å². The molecule has 0 amide bonds. The third-order valence-electron chi connectivity index (χ3n) is 4.00. The summed E-state index contributed by atoms with van der Waals surface area (Å²) >= 11 is 0. The number of aromatic nitrogens is 1. The van der Waals surface area contributed by atoms with Crippen LogP contribution in [0.5, 0.6) is 0 Å². The molecule has 4 nitrogen and oxygen atoms in total. The van der Waals surface area contributed by atoms with E-state index in [1.807, 2.05) is 30.6 Å². The van der Waals surface area contributed by atoms with Gasteiger partial charge in [-0.3, -0.25) is 4.98 Å². The lowest BCUT2D eigenvalue weighted by Gasteiger charge is -2.34. The van der Waals surface area contributed by atoms with Gasteiger partial charge in [0.05, 0.1) is 6.61 Å². The van der Waals surface area contributed by atoms with Crippen molar-refractivity contribution in [2.45, 2.75) is 25.5 Å². The van der Waals surface area contributed by atoms with Gasteiger partial charge in [0, 0.05) is 42.9 Å². The van der Waals surface area contributed by atoms with Crippen molar-refractivity contribution in [3.05, 3.63) is 54.4 Å². The number of nitrogens with one attached hydrogen (secondary N) is 1. The first-order chi connectivity index (χ1) is 10.3. The normalized spacial score (nSPS) is 16.0. The summed E-state index contributed by atoms with van der Waals surface area (Å²) in [5, 5.41) is 12.8. The highest BCUT2D eigenvalue weighted by molar-refractivity contribution is 5.48. The van der Waals surface area contributed by atoms with Crippen molar-refractivity contribution in [1.29, 1.82) is 0 Å². The maximum atomic E-state index is 9.19. The molecule has 3 rings (SSSR count). The Kier molecular flexibility index (Phi) is 4.36. The summed E-state index contributed by atoms with van der Waals surface area (Å²) in [6.45, 7) is 2.21. The Morgan fingerprint density at radius 3 is 2.62 bits per heavy atom. The highest BCUT2D eigenvalue weighted by Crippen LogP contribution is 2.21. The van der Waals surface area contributed by atoms with E-state index < -0.39 is 0 Å². The summed E-state index contributed by atoms with van der Waals surface area (Å²) in [4.78, 5) is 6.47. The summed E-state index contributed by atoms with van der Waals surface area (Å²) in [6, 6.07) is 12.6. The molecular weight excluding hydrogens is 262 g/mol. The van der Waals surface area contributed by atoms with Crippen LogP contribution in [0.2, 0.25) is 0 Å². The molecule has 1 saturated heterocycles. The van der Waals surface area contributed by atoms with Crippen LogP contribution in [0, 0.1) is 0 Å². The molecule has 1 aliphatic heterocycles. The van der Waals surface area contributed by atoms with E-state index in [9.17, 15) is 5.11 Å². The van der Waals surface area contributed by atoms with Crippen LogP contribution in [-0.2, 0) is 6.61 Å².